The van der Waals surface area contributed by atoms with Gasteiger partial charge in [0.25, 0.3) is 0 Å². The molecular formula is C21H30N2O4S. The van der Waals surface area contributed by atoms with Crippen LogP contribution in [0.2, 0.25) is 0 Å². The Bertz CT molecular complexity index is 825. The van der Waals surface area contributed by atoms with Crippen LogP contribution in [0.1, 0.15) is 43.2 Å². The van der Waals surface area contributed by atoms with Crippen LogP contribution in [-0.2, 0) is 32.4 Å². The molecule has 0 saturated carbocycles. The van der Waals surface area contributed by atoms with Crippen molar-refractivity contribution >= 4 is 15.9 Å². The summed E-state index contributed by atoms with van der Waals surface area (Å²) in [7, 11) is -1.65. The van der Waals surface area contributed by atoms with E-state index in [0.29, 0.717) is 37.4 Å². The summed E-state index contributed by atoms with van der Waals surface area (Å²) in [6.07, 6.45) is 6.49. The number of piperidine rings is 1. The highest BCUT2D eigenvalue weighted by Crippen LogP contribution is 2.29. The Morgan fingerprint density at radius 3 is 2.61 bits per heavy atom. The molecule has 28 heavy (non-hydrogen) atoms. The summed E-state index contributed by atoms with van der Waals surface area (Å²) >= 11 is 0. The SMILES string of the molecule is CN(CC1CCCO1)C(=O)C1CCN(S(=O)(=O)c2ccc3c(c2)CCC3)CC1. The molecule has 0 radical (unpaired) electrons. The lowest BCUT2D eigenvalue weighted by molar-refractivity contribution is -0.136. The zero-order valence-corrected chi connectivity index (χ0v) is 17.4. The van der Waals surface area contributed by atoms with Crippen LogP contribution in [0.25, 0.3) is 0 Å². The molecule has 1 unspecified atom stereocenters. The molecule has 2 saturated heterocycles. The van der Waals surface area contributed by atoms with Crippen molar-refractivity contribution in [3.8, 4) is 0 Å². The molecule has 2 aliphatic heterocycles. The van der Waals surface area contributed by atoms with Gasteiger partial charge in [-0.1, -0.05) is 6.07 Å². The smallest absolute Gasteiger partial charge is 0.243 e. The van der Waals surface area contributed by atoms with E-state index >= 15 is 0 Å². The summed E-state index contributed by atoms with van der Waals surface area (Å²) in [6.45, 7) is 2.23. The van der Waals surface area contributed by atoms with E-state index < -0.39 is 10.0 Å². The fourth-order valence-electron chi connectivity index (χ4n) is 4.70. The van der Waals surface area contributed by atoms with Crippen molar-refractivity contribution in [1.82, 2.24) is 9.21 Å². The summed E-state index contributed by atoms with van der Waals surface area (Å²) in [5.74, 6) is 0.0166. The van der Waals surface area contributed by atoms with Crippen LogP contribution in [0.4, 0.5) is 0 Å². The molecule has 1 atom stereocenters. The molecule has 7 heteroatoms. The van der Waals surface area contributed by atoms with Crippen LogP contribution in [-0.4, -0.2) is 62.9 Å². The zero-order chi connectivity index (χ0) is 19.7. The lowest BCUT2D eigenvalue weighted by Crippen LogP contribution is -2.44. The average Bonchev–Trinajstić information content (AvgIpc) is 3.38. The highest BCUT2D eigenvalue weighted by atomic mass is 32.2. The Kier molecular flexibility index (Phi) is 5.76. The first-order chi connectivity index (χ1) is 13.4. The number of benzene rings is 1. The molecule has 1 aromatic carbocycles. The van der Waals surface area contributed by atoms with Crippen molar-refractivity contribution in [3.63, 3.8) is 0 Å². The van der Waals surface area contributed by atoms with Gasteiger partial charge in [-0.2, -0.15) is 4.31 Å². The Morgan fingerprint density at radius 2 is 1.89 bits per heavy atom. The summed E-state index contributed by atoms with van der Waals surface area (Å²) in [6, 6.07) is 5.56. The fraction of sp³-hybridized carbons (Fsp3) is 0.667. The summed E-state index contributed by atoms with van der Waals surface area (Å²) in [4.78, 5) is 14.9. The van der Waals surface area contributed by atoms with Gasteiger partial charge in [0.05, 0.1) is 11.0 Å². The van der Waals surface area contributed by atoms with Gasteiger partial charge in [-0.25, -0.2) is 8.42 Å². The largest absolute Gasteiger partial charge is 0.376 e. The third-order valence-electron chi connectivity index (χ3n) is 6.39. The van der Waals surface area contributed by atoms with Gasteiger partial charge in [-0.15, -0.1) is 0 Å². The molecule has 154 valence electrons. The van der Waals surface area contributed by atoms with E-state index in [4.69, 9.17) is 4.74 Å². The van der Waals surface area contributed by atoms with Crippen LogP contribution in [0.5, 0.6) is 0 Å². The van der Waals surface area contributed by atoms with Crippen molar-refractivity contribution in [1.29, 1.82) is 0 Å². The average molecular weight is 407 g/mol. The quantitative estimate of drug-likeness (QED) is 0.752. The molecule has 3 aliphatic rings. The van der Waals surface area contributed by atoms with Gasteiger partial charge in [0.1, 0.15) is 0 Å². The molecule has 1 aliphatic carbocycles. The highest BCUT2D eigenvalue weighted by Gasteiger charge is 2.34. The summed E-state index contributed by atoms with van der Waals surface area (Å²) in [5, 5.41) is 0. The monoisotopic (exact) mass is 406 g/mol. The van der Waals surface area contributed by atoms with E-state index in [2.05, 4.69) is 0 Å². The number of rotatable bonds is 5. The predicted molar refractivity (Wildman–Crippen MR) is 107 cm³/mol. The number of carbonyl (C=O) groups excluding carboxylic acids is 1. The molecule has 2 fully saturated rings. The minimum atomic E-state index is -3.48. The number of hydrogen-bond donors (Lipinski definition) is 0. The molecule has 4 rings (SSSR count). The number of hydrogen-bond acceptors (Lipinski definition) is 4. The van der Waals surface area contributed by atoms with Gasteiger partial charge in [-0.05, 0) is 68.2 Å². The van der Waals surface area contributed by atoms with E-state index in [0.717, 1.165) is 38.7 Å². The number of sulfonamides is 1. The molecule has 0 spiro atoms. The lowest BCUT2D eigenvalue weighted by Gasteiger charge is -2.33. The van der Waals surface area contributed by atoms with E-state index in [1.54, 1.807) is 15.3 Å². The van der Waals surface area contributed by atoms with Gasteiger partial charge in [0, 0.05) is 39.2 Å². The van der Waals surface area contributed by atoms with Gasteiger partial charge in [0.2, 0.25) is 15.9 Å². The molecular weight excluding hydrogens is 376 g/mol. The summed E-state index contributed by atoms with van der Waals surface area (Å²) in [5.41, 5.74) is 2.44. The Hall–Kier alpha value is -1.44. The lowest BCUT2D eigenvalue weighted by atomic mass is 9.96. The molecule has 6 nitrogen and oxygen atoms in total. The minimum absolute atomic E-state index is 0.0992. The number of aryl methyl sites for hydroxylation is 2. The topological polar surface area (TPSA) is 66.9 Å². The first-order valence-electron chi connectivity index (χ1n) is 10.4. The standard InChI is InChI=1S/C21H30N2O4S/c1-22(15-19-6-3-13-27-19)21(24)17-9-11-23(12-10-17)28(25,26)20-8-7-16-4-2-5-18(16)14-20/h7-8,14,17,19H,2-6,9-13,15H2,1H3. The molecule has 0 bridgehead atoms. The second kappa shape index (κ2) is 8.13. The van der Waals surface area contributed by atoms with Crippen LogP contribution in [0.3, 0.4) is 0 Å². The Balaban J connectivity index is 1.36. The van der Waals surface area contributed by atoms with Crippen molar-refractivity contribution < 1.29 is 17.9 Å². The minimum Gasteiger partial charge on any atom is -0.376 e. The maximum Gasteiger partial charge on any atom is 0.243 e. The second-order valence-electron chi connectivity index (χ2n) is 8.32. The normalized spacial score (nSPS) is 23.7. The Labute approximate surface area is 167 Å². The van der Waals surface area contributed by atoms with E-state index in [1.807, 2.05) is 19.2 Å². The summed E-state index contributed by atoms with van der Waals surface area (Å²) < 4.78 is 33.3. The maximum atomic E-state index is 13.0. The second-order valence-corrected chi connectivity index (χ2v) is 10.3. The number of amides is 1. The number of carbonyl (C=O) groups is 1. The number of fused-ring (bicyclic) bond motifs is 1. The van der Waals surface area contributed by atoms with E-state index in [-0.39, 0.29) is 17.9 Å². The predicted octanol–water partition coefficient (Wildman–Crippen LogP) is 2.21. The van der Waals surface area contributed by atoms with E-state index in [1.165, 1.54) is 11.1 Å². The molecule has 0 N–H and O–H groups in total. The first-order valence-corrected chi connectivity index (χ1v) is 11.9. The van der Waals surface area contributed by atoms with Crippen LogP contribution < -0.4 is 0 Å². The van der Waals surface area contributed by atoms with Crippen molar-refractivity contribution in [2.45, 2.75) is 55.9 Å². The molecule has 0 aromatic heterocycles. The first kappa shape index (κ1) is 19.9. The number of likely N-dealkylation sites (N-methyl/N-ethyl adjacent to an activating group) is 1. The van der Waals surface area contributed by atoms with Crippen LogP contribution in [0, 0.1) is 5.92 Å². The van der Waals surface area contributed by atoms with Crippen molar-refractivity contribution in [2.24, 2.45) is 5.92 Å². The fourth-order valence-corrected chi connectivity index (χ4v) is 6.22. The van der Waals surface area contributed by atoms with Crippen molar-refractivity contribution in [2.75, 3.05) is 33.3 Å². The Morgan fingerprint density at radius 1 is 1.14 bits per heavy atom. The molecule has 1 aromatic rings. The van der Waals surface area contributed by atoms with Crippen molar-refractivity contribution in [3.05, 3.63) is 29.3 Å². The molecule has 1 amide bonds. The zero-order valence-electron chi connectivity index (χ0n) is 16.6. The highest BCUT2D eigenvalue weighted by molar-refractivity contribution is 7.89. The van der Waals surface area contributed by atoms with Gasteiger partial charge >= 0.3 is 0 Å². The van der Waals surface area contributed by atoms with Gasteiger partial charge < -0.3 is 9.64 Å². The van der Waals surface area contributed by atoms with Crippen LogP contribution in [0.15, 0.2) is 23.1 Å². The maximum absolute atomic E-state index is 13.0. The van der Waals surface area contributed by atoms with Gasteiger partial charge in [-0.3, -0.25) is 4.79 Å². The number of nitrogens with zero attached hydrogens (tertiary/aromatic N) is 2. The third-order valence-corrected chi connectivity index (χ3v) is 8.28. The molecule has 2 heterocycles. The number of ether oxygens (including phenoxy) is 1. The van der Waals surface area contributed by atoms with Crippen LogP contribution >= 0.6 is 0 Å². The van der Waals surface area contributed by atoms with E-state index in [9.17, 15) is 13.2 Å². The van der Waals surface area contributed by atoms with Gasteiger partial charge in [0.15, 0.2) is 0 Å². The third kappa shape index (κ3) is 3.98.